The molecule has 0 saturated carbocycles. The van der Waals surface area contributed by atoms with Crippen molar-refractivity contribution in [3.8, 4) is 0 Å². The van der Waals surface area contributed by atoms with Crippen molar-refractivity contribution in [1.29, 1.82) is 0 Å². The molecular weight excluding hydrogens is 250 g/mol. The lowest BCUT2D eigenvalue weighted by molar-refractivity contribution is 0.182. The molecule has 0 amide bonds. The van der Waals surface area contributed by atoms with Crippen LogP contribution in [0.2, 0.25) is 0 Å². The Balaban J connectivity index is 2.38. The Labute approximate surface area is 120 Å². The maximum Gasteiger partial charge on any atom is 0.0664 e. The van der Waals surface area contributed by atoms with E-state index in [1.165, 1.54) is 0 Å². The molecule has 1 unspecified atom stereocenters. The smallest absolute Gasteiger partial charge is 0.0664 e. The highest BCUT2D eigenvalue weighted by atomic mass is 16.5. The molecule has 0 radical (unpaired) electrons. The van der Waals surface area contributed by atoms with E-state index in [-0.39, 0.29) is 0 Å². The van der Waals surface area contributed by atoms with Gasteiger partial charge in [0.2, 0.25) is 0 Å². The van der Waals surface area contributed by atoms with Crippen molar-refractivity contribution in [3.63, 3.8) is 0 Å². The third-order valence-corrected chi connectivity index (χ3v) is 3.44. The van der Waals surface area contributed by atoms with Crippen LogP contribution in [0, 0.1) is 6.92 Å². The molecule has 0 saturated heterocycles. The molecule has 0 aliphatic heterocycles. The molecule has 0 fully saturated rings. The van der Waals surface area contributed by atoms with Gasteiger partial charge in [0, 0.05) is 47.2 Å². The first-order chi connectivity index (χ1) is 9.65. The van der Waals surface area contributed by atoms with Crippen LogP contribution in [-0.2, 0) is 4.74 Å². The summed E-state index contributed by atoms with van der Waals surface area (Å²) >= 11 is 0. The summed E-state index contributed by atoms with van der Waals surface area (Å²) in [6, 6.07) is 6.35. The van der Waals surface area contributed by atoms with Gasteiger partial charge in [0.15, 0.2) is 0 Å². The average Bonchev–Trinajstić information content (AvgIpc) is 2.42. The number of nitrogens with one attached hydrogen (secondary N) is 1. The number of anilines is 2. The number of pyridine rings is 1. The summed E-state index contributed by atoms with van der Waals surface area (Å²) in [5.74, 6) is 0. The van der Waals surface area contributed by atoms with Crippen LogP contribution in [0.5, 0.6) is 0 Å². The molecule has 108 valence electrons. The Morgan fingerprint density at radius 3 is 2.85 bits per heavy atom. The molecule has 2 aromatic rings. The first-order valence-corrected chi connectivity index (χ1v) is 7.06. The fourth-order valence-corrected chi connectivity index (χ4v) is 2.46. The molecule has 1 heterocycles. The minimum atomic E-state index is 0.310. The Kier molecular flexibility index (Phi) is 4.79. The van der Waals surface area contributed by atoms with Crippen LogP contribution < -0.4 is 11.1 Å². The topological polar surface area (TPSA) is 60.2 Å². The standard InChI is InChI=1S/C16H23N3O/c1-4-5-12(10-20-3)19-16-7-6-15(17)14-9-18-11(2)8-13(14)16/h6-9,12,19H,4-5,10,17H2,1-3H3. The molecule has 1 aromatic carbocycles. The van der Waals surface area contributed by atoms with E-state index in [0.717, 1.165) is 40.7 Å². The second-order valence-electron chi connectivity index (χ2n) is 5.16. The van der Waals surface area contributed by atoms with Crippen LogP contribution in [-0.4, -0.2) is 24.7 Å². The predicted octanol–water partition coefficient (Wildman–Crippen LogP) is 3.35. The van der Waals surface area contributed by atoms with Gasteiger partial charge in [-0.3, -0.25) is 4.98 Å². The van der Waals surface area contributed by atoms with Crippen molar-refractivity contribution in [2.45, 2.75) is 32.7 Å². The van der Waals surface area contributed by atoms with Gasteiger partial charge < -0.3 is 15.8 Å². The fourth-order valence-electron chi connectivity index (χ4n) is 2.46. The second-order valence-corrected chi connectivity index (χ2v) is 5.16. The van der Waals surface area contributed by atoms with E-state index in [1.54, 1.807) is 7.11 Å². The van der Waals surface area contributed by atoms with Gasteiger partial charge in [0.1, 0.15) is 0 Å². The third kappa shape index (κ3) is 3.20. The van der Waals surface area contributed by atoms with E-state index in [0.29, 0.717) is 12.6 Å². The zero-order chi connectivity index (χ0) is 14.5. The van der Waals surface area contributed by atoms with Gasteiger partial charge in [-0.1, -0.05) is 13.3 Å². The number of methoxy groups -OCH3 is 1. The molecule has 4 nitrogen and oxygen atoms in total. The number of nitrogens with two attached hydrogens (primary N) is 1. The molecule has 3 N–H and O–H groups in total. The largest absolute Gasteiger partial charge is 0.398 e. The number of hydrogen-bond acceptors (Lipinski definition) is 4. The average molecular weight is 273 g/mol. The van der Waals surface area contributed by atoms with E-state index >= 15 is 0 Å². The molecule has 4 heteroatoms. The van der Waals surface area contributed by atoms with Crippen molar-refractivity contribution in [2.75, 3.05) is 24.8 Å². The number of benzene rings is 1. The monoisotopic (exact) mass is 273 g/mol. The van der Waals surface area contributed by atoms with E-state index in [1.807, 2.05) is 25.3 Å². The summed E-state index contributed by atoms with van der Waals surface area (Å²) in [6.07, 6.45) is 4.04. The summed E-state index contributed by atoms with van der Waals surface area (Å²) in [6.45, 7) is 4.87. The lowest BCUT2D eigenvalue weighted by atomic mass is 10.1. The number of nitrogen functional groups attached to an aromatic ring is 1. The molecule has 0 aliphatic rings. The third-order valence-electron chi connectivity index (χ3n) is 3.44. The number of aryl methyl sites for hydroxylation is 1. The molecule has 1 aromatic heterocycles. The van der Waals surface area contributed by atoms with Crippen LogP contribution >= 0.6 is 0 Å². The minimum Gasteiger partial charge on any atom is -0.398 e. The Hall–Kier alpha value is -1.81. The number of fused-ring (bicyclic) bond motifs is 1. The van der Waals surface area contributed by atoms with Crippen LogP contribution in [0.25, 0.3) is 10.8 Å². The van der Waals surface area contributed by atoms with Crippen molar-refractivity contribution in [1.82, 2.24) is 4.98 Å². The Morgan fingerprint density at radius 1 is 1.35 bits per heavy atom. The second kappa shape index (κ2) is 6.57. The Bertz CT molecular complexity index is 577. The maximum absolute atomic E-state index is 6.03. The highest BCUT2D eigenvalue weighted by Gasteiger charge is 2.11. The SMILES string of the molecule is CCCC(COC)Nc1ccc(N)c2cnc(C)cc12. The van der Waals surface area contributed by atoms with Gasteiger partial charge in [0.25, 0.3) is 0 Å². The number of rotatable bonds is 6. The normalized spacial score (nSPS) is 12.6. The number of hydrogen-bond donors (Lipinski definition) is 2. The summed E-state index contributed by atoms with van der Waals surface area (Å²) in [4.78, 5) is 4.33. The fraction of sp³-hybridized carbons (Fsp3) is 0.438. The summed E-state index contributed by atoms with van der Waals surface area (Å²) < 4.78 is 5.29. The summed E-state index contributed by atoms with van der Waals surface area (Å²) in [7, 11) is 1.74. The number of aromatic nitrogens is 1. The van der Waals surface area contributed by atoms with Gasteiger partial charge in [-0.15, -0.1) is 0 Å². The van der Waals surface area contributed by atoms with Crippen LogP contribution in [0.3, 0.4) is 0 Å². The lowest BCUT2D eigenvalue weighted by Crippen LogP contribution is -2.24. The maximum atomic E-state index is 6.03. The summed E-state index contributed by atoms with van der Waals surface area (Å²) in [5, 5.41) is 5.68. The molecule has 20 heavy (non-hydrogen) atoms. The Morgan fingerprint density at radius 2 is 2.15 bits per heavy atom. The van der Waals surface area contributed by atoms with Crippen molar-refractivity contribution in [3.05, 3.63) is 30.1 Å². The molecular formula is C16H23N3O. The molecule has 0 bridgehead atoms. The predicted molar refractivity (Wildman–Crippen MR) is 85.1 cm³/mol. The van der Waals surface area contributed by atoms with Crippen molar-refractivity contribution < 1.29 is 4.74 Å². The van der Waals surface area contributed by atoms with Crippen LogP contribution in [0.4, 0.5) is 11.4 Å². The zero-order valence-corrected chi connectivity index (χ0v) is 12.4. The number of nitrogens with zero attached hydrogens (tertiary/aromatic N) is 1. The lowest BCUT2D eigenvalue weighted by Gasteiger charge is -2.20. The molecule has 0 spiro atoms. The highest BCUT2D eigenvalue weighted by Crippen LogP contribution is 2.29. The van der Waals surface area contributed by atoms with Gasteiger partial charge in [-0.2, -0.15) is 0 Å². The van der Waals surface area contributed by atoms with E-state index in [9.17, 15) is 0 Å². The highest BCUT2D eigenvalue weighted by molar-refractivity contribution is 6.00. The number of ether oxygens (including phenoxy) is 1. The van der Waals surface area contributed by atoms with Crippen LogP contribution in [0.15, 0.2) is 24.4 Å². The van der Waals surface area contributed by atoms with E-state index < -0.39 is 0 Å². The molecule has 2 rings (SSSR count). The molecule has 0 aliphatic carbocycles. The molecule has 1 atom stereocenters. The van der Waals surface area contributed by atoms with Gasteiger partial charge in [-0.25, -0.2) is 0 Å². The minimum absolute atomic E-state index is 0.310. The van der Waals surface area contributed by atoms with E-state index in [4.69, 9.17) is 10.5 Å². The van der Waals surface area contributed by atoms with Gasteiger partial charge in [-0.05, 0) is 31.5 Å². The van der Waals surface area contributed by atoms with Gasteiger partial charge >= 0.3 is 0 Å². The first kappa shape index (κ1) is 14.6. The van der Waals surface area contributed by atoms with E-state index in [2.05, 4.69) is 23.3 Å². The van der Waals surface area contributed by atoms with Crippen LogP contribution in [0.1, 0.15) is 25.5 Å². The van der Waals surface area contributed by atoms with Gasteiger partial charge in [0.05, 0.1) is 6.61 Å². The summed E-state index contributed by atoms with van der Waals surface area (Å²) in [5.41, 5.74) is 8.88. The van der Waals surface area contributed by atoms with Crippen molar-refractivity contribution >= 4 is 22.1 Å². The quantitative estimate of drug-likeness (QED) is 0.792. The van der Waals surface area contributed by atoms with Crippen molar-refractivity contribution in [2.24, 2.45) is 0 Å². The zero-order valence-electron chi connectivity index (χ0n) is 12.4. The first-order valence-electron chi connectivity index (χ1n) is 7.06.